The van der Waals surface area contributed by atoms with Gasteiger partial charge >= 0.3 is 0 Å². The van der Waals surface area contributed by atoms with Gasteiger partial charge in [-0.25, -0.2) is 4.39 Å². The zero-order valence-electron chi connectivity index (χ0n) is 10.8. The lowest BCUT2D eigenvalue weighted by molar-refractivity contribution is 0.0460. The number of aliphatic hydroxyl groups is 1. The molecule has 2 atom stereocenters. The fraction of sp³-hybridized carbons (Fsp3) is 0.571. The summed E-state index contributed by atoms with van der Waals surface area (Å²) in [5, 5.41) is 13.0. The Morgan fingerprint density at radius 1 is 1.56 bits per heavy atom. The summed E-state index contributed by atoms with van der Waals surface area (Å²) in [4.78, 5) is 2.28. The monoisotopic (exact) mass is 252 g/mol. The van der Waals surface area contributed by atoms with E-state index >= 15 is 0 Å². The molecule has 1 aliphatic heterocycles. The Hall–Kier alpha value is -0.970. The molecule has 3 nitrogen and oxygen atoms in total. The van der Waals surface area contributed by atoms with Crippen LogP contribution in [0.3, 0.4) is 0 Å². The predicted molar refractivity (Wildman–Crippen MR) is 70.0 cm³/mol. The van der Waals surface area contributed by atoms with E-state index in [0.29, 0.717) is 0 Å². The Balaban J connectivity index is 1.91. The van der Waals surface area contributed by atoms with Crippen LogP contribution >= 0.6 is 0 Å². The molecule has 0 amide bonds. The molecule has 1 aliphatic rings. The normalized spacial score (nSPS) is 22.9. The van der Waals surface area contributed by atoms with Crippen LogP contribution in [0.15, 0.2) is 24.3 Å². The van der Waals surface area contributed by atoms with Crippen molar-refractivity contribution in [2.24, 2.45) is 0 Å². The summed E-state index contributed by atoms with van der Waals surface area (Å²) in [7, 11) is 0. The second kappa shape index (κ2) is 6.27. The summed E-state index contributed by atoms with van der Waals surface area (Å²) in [6, 6.07) is 6.90. The van der Waals surface area contributed by atoms with Crippen LogP contribution in [-0.2, 0) is 6.42 Å². The lowest BCUT2D eigenvalue weighted by Crippen LogP contribution is -2.56. The van der Waals surface area contributed by atoms with Crippen LogP contribution in [0, 0.1) is 5.82 Å². The van der Waals surface area contributed by atoms with Crippen LogP contribution in [0.4, 0.5) is 4.39 Å². The summed E-state index contributed by atoms with van der Waals surface area (Å²) in [6.45, 7) is 5.39. The number of piperazine rings is 1. The van der Waals surface area contributed by atoms with Crippen molar-refractivity contribution in [3.05, 3.63) is 35.6 Å². The Morgan fingerprint density at radius 3 is 3.11 bits per heavy atom. The first kappa shape index (κ1) is 13.5. The largest absolute Gasteiger partial charge is 0.392 e. The van der Waals surface area contributed by atoms with Gasteiger partial charge in [0.15, 0.2) is 0 Å². The van der Waals surface area contributed by atoms with Crippen molar-refractivity contribution in [2.45, 2.75) is 25.5 Å². The highest BCUT2D eigenvalue weighted by atomic mass is 19.1. The molecule has 0 aromatic heterocycles. The van der Waals surface area contributed by atoms with Gasteiger partial charge in [-0.05, 0) is 31.0 Å². The highest BCUT2D eigenvalue weighted by molar-refractivity contribution is 5.16. The number of halogens is 1. The minimum atomic E-state index is -0.342. The smallest absolute Gasteiger partial charge is 0.123 e. The van der Waals surface area contributed by atoms with E-state index in [9.17, 15) is 9.50 Å². The second-order valence-corrected chi connectivity index (χ2v) is 4.93. The van der Waals surface area contributed by atoms with Crippen molar-refractivity contribution in [3.63, 3.8) is 0 Å². The molecule has 0 aliphatic carbocycles. The zero-order valence-corrected chi connectivity index (χ0v) is 10.8. The van der Waals surface area contributed by atoms with Gasteiger partial charge in [-0.15, -0.1) is 0 Å². The molecule has 1 heterocycles. The third-order valence-electron chi connectivity index (χ3n) is 3.53. The van der Waals surface area contributed by atoms with E-state index in [4.69, 9.17) is 0 Å². The first-order valence-electron chi connectivity index (χ1n) is 6.54. The molecule has 4 heteroatoms. The highest BCUT2D eigenvalue weighted by Crippen LogP contribution is 2.10. The van der Waals surface area contributed by atoms with Crippen LogP contribution in [0.5, 0.6) is 0 Å². The van der Waals surface area contributed by atoms with Gasteiger partial charge in [-0.3, -0.25) is 4.90 Å². The summed E-state index contributed by atoms with van der Waals surface area (Å²) >= 11 is 0. The van der Waals surface area contributed by atoms with Gasteiger partial charge in [0.25, 0.3) is 0 Å². The predicted octanol–water partition coefficient (Wildman–Crippen LogP) is 1.02. The number of nitrogens with one attached hydrogen (secondary N) is 1. The zero-order chi connectivity index (χ0) is 13.0. The maximum absolute atomic E-state index is 13.1. The summed E-state index contributed by atoms with van der Waals surface area (Å²) in [6.07, 6.45) is 0.478. The molecular weight excluding hydrogens is 231 g/mol. The SMILES string of the molecule is CC(O)[C@H]1CNCCN1CCc1cccc(F)c1. The van der Waals surface area contributed by atoms with Gasteiger partial charge in [-0.1, -0.05) is 12.1 Å². The lowest BCUT2D eigenvalue weighted by Gasteiger charge is -2.37. The van der Waals surface area contributed by atoms with Crippen LogP contribution < -0.4 is 5.32 Å². The van der Waals surface area contributed by atoms with Crippen LogP contribution in [-0.4, -0.2) is 48.3 Å². The van der Waals surface area contributed by atoms with E-state index in [0.717, 1.165) is 38.2 Å². The van der Waals surface area contributed by atoms with Gasteiger partial charge in [0.05, 0.1) is 6.10 Å². The first-order valence-corrected chi connectivity index (χ1v) is 6.54. The Bertz CT molecular complexity index is 384. The number of hydrogen-bond donors (Lipinski definition) is 2. The molecule has 0 spiro atoms. The standard InChI is InChI=1S/C14H21FN2O/c1-11(18)14-10-16-6-8-17(14)7-5-12-3-2-4-13(15)9-12/h2-4,9,11,14,16,18H,5-8,10H2,1H3/t11?,14-/m1/s1. The molecule has 100 valence electrons. The van der Waals surface area contributed by atoms with Gasteiger partial charge in [-0.2, -0.15) is 0 Å². The Kier molecular flexibility index (Phi) is 4.69. The molecule has 1 unspecified atom stereocenters. The van der Waals surface area contributed by atoms with Crippen molar-refractivity contribution in [1.29, 1.82) is 0 Å². The van der Waals surface area contributed by atoms with Gasteiger partial charge in [0, 0.05) is 32.2 Å². The molecule has 0 radical (unpaired) electrons. The van der Waals surface area contributed by atoms with Gasteiger partial charge < -0.3 is 10.4 Å². The number of nitrogens with zero attached hydrogens (tertiary/aromatic N) is 1. The first-order chi connectivity index (χ1) is 8.66. The average molecular weight is 252 g/mol. The van der Waals surface area contributed by atoms with Crippen molar-refractivity contribution in [2.75, 3.05) is 26.2 Å². The van der Waals surface area contributed by atoms with Crippen LogP contribution in [0.2, 0.25) is 0 Å². The molecule has 18 heavy (non-hydrogen) atoms. The van der Waals surface area contributed by atoms with Crippen molar-refractivity contribution < 1.29 is 9.50 Å². The topological polar surface area (TPSA) is 35.5 Å². The summed E-state index contributed by atoms with van der Waals surface area (Å²) in [5.41, 5.74) is 1.01. The molecule has 2 N–H and O–H groups in total. The van der Waals surface area contributed by atoms with E-state index < -0.39 is 0 Å². The summed E-state index contributed by atoms with van der Waals surface area (Å²) in [5.74, 6) is -0.181. The van der Waals surface area contributed by atoms with E-state index in [2.05, 4.69) is 10.2 Å². The minimum Gasteiger partial charge on any atom is -0.392 e. The second-order valence-electron chi connectivity index (χ2n) is 4.93. The van der Waals surface area contributed by atoms with Crippen LogP contribution in [0.25, 0.3) is 0 Å². The number of aliphatic hydroxyl groups excluding tert-OH is 1. The van der Waals surface area contributed by atoms with E-state index in [-0.39, 0.29) is 18.0 Å². The number of rotatable bonds is 4. The van der Waals surface area contributed by atoms with Gasteiger partial charge in [0.1, 0.15) is 5.82 Å². The van der Waals surface area contributed by atoms with Crippen molar-refractivity contribution in [1.82, 2.24) is 10.2 Å². The molecule has 1 saturated heterocycles. The fourth-order valence-corrected chi connectivity index (χ4v) is 2.49. The molecule has 1 aromatic rings. The third kappa shape index (κ3) is 3.51. The highest BCUT2D eigenvalue weighted by Gasteiger charge is 2.25. The van der Waals surface area contributed by atoms with E-state index in [1.807, 2.05) is 13.0 Å². The Labute approximate surface area is 108 Å². The van der Waals surface area contributed by atoms with Crippen molar-refractivity contribution in [3.8, 4) is 0 Å². The third-order valence-corrected chi connectivity index (χ3v) is 3.53. The number of benzene rings is 1. The van der Waals surface area contributed by atoms with E-state index in [1.165, 1.54) is 6.07 Å². The summed E-state index contributed by atoms with van der Waals surface area (Å²) < 4.78 is 13.1. The van der Waals surface area contributed by atoms with Crippen molar-refractivity contribution >= 4 is 0 Å². The molecule has 0 saturated carbocycles. The van der Waals surface area contributed by atoms with Gasteiger partial charge in [0.2, 0.25) is 0 Å². The maximum Gasteiger partial charge on any atom is 0.123 e. The van der Waals surface area contributed by atoms with Crippen LogP contribution in [0.1, 0.15) is 12.5 Å². The molecule has 1 aromatic carbocycles. The van der Waals surface area contributed by atoms with E-state index in [1.54, 1.807) is 12.1 Å². The molecular formula is C14H21FN2O. The molecule has 1 fully saturated rings. The average Bonchev–Trinajstić information content (AvgIpc) is 2.37. The molecule has 0 bridgehead atoms. The Morgan fingerprint density at radius 2 is 2.39 bits per heavy atom. The quantitative estimate of drug-likeness (QED) is 0.840. The maximum atomic E-state index is 13.1. The lowest BCUT2D eigenvalue weighted by atomic mass is 10.1. The fourth-order valence-electron chi connectivity index (χ4n) is 2.49. The minimum absolute atomic E-state index is 0.160. The number of hydrogen-bond acceptors (Lipinski definition) is 3. The molecule has 2 rings (SSSR count).